The monoisotopic (exact) mass is 493 g/mol. The van der Waals surface area contributed by atoms with Crippen LogP contribution in [0.25, 0.3) is 0 Å². The summed E-state index contributed by atoms with van der Waals surface area (Å²) in [6, 6.07) is 0. The van der Waals surface area contributed by atoms with Gasteiger partial charge in [-0.05, 0) is 18.8 Å². The van der Waals surface area contributed by atoms with Gasteiger partial charge in [-0.3, -0.25) is 14.4 Å². The molecule has 4 atom stereocenters. The van der Waals surface area contributed by atoms with Gasteiger partial charge in [-0.2, -0.15) is 0 Å². The van der Waals surface area contributed by atoms with Crippen LogP contribution in [-0.4, -0.2) is 87.4 Å². The molecule has 1 fully saturated rings. The van der Waals surface area contributed by atoms with Crippen LogP contribution in [0, 0.1) is 12.3 Å². The van der Waals surface area contributed by atoms with Crippen LogP contribution in [0.3, 0.4) is 0 Å². The average molecular weight is 494 g/mol. The number of quaternary nitrogens is 1. The number of terminal acetylenes is 1. The summed E-state index contributed by atoms with van der Waals surface area (Å²) in [5.41, 5.74) is 0. The van der Waals surface area contributed by atoms with E-state index in [9.17, 15) is 14.4 Å². The van der Waals surface area contributed by atoms with E-state index in [1.54, 1.807) is 0 Å². The lowest BCUT2D eigenvalue weighted by Crippen LogP contribution is -3.00. The molecule has 0 aromatic heterocycles. The predicted molar refractivity (Wildman–Crippen MR) is 102 cm³/mol. The zero-order valence-electron chi connectivity index (χ0n) is 18.2. The van der Waals surface area contributed by atoms with Crippen molar-refractivity contribution in [2.45, 2.75) is 58.2 Å². The average Bonchev–Trinajstić information content (AvgIpc) is 2.57. The fourth-order valence-electron chi connectivity index (χ4n) is 3.02. The summed E-state index contributed by atoms with van der Waals surface area (Å²) in [5, 5.41) is 0. The molecule has 0 saturated carbocycles. The maximum Gasteiger partial charge on any atom is 0.303 e. The van der Waals surface area contributed by atoms with E-state index in [0.29, 0.717) is 17.6 Å². The molecule has 0 spiro atoms. The van der Waals surface area contributed by atoms with Crippen molar-refractivity contribution in [2.75, 3.05) is 40.4 Å². The van der Waals surface area contributed by atoms with Gasteiger partial charge in [-0.15, -0.1) is 6.42 Å². The van der Waals surface area contributed by atoms with E-state index in [-0.39, 0.29) is 23.6 Å². The molecule has 0 amide bonds. The van der Waals surface area contributed by atoms with E-state index in [2.05, 4.69) is 20.0 Å². The Hall–Kier alpha value is -1.67. The number of hydrogen-bond acceptors (Lipinski definition) is 8. The Kier molecular flexibility index (Phi) is 12.8. The van der Waals surface area contributed by atoms with Crippen molar-refractivity contribution >= 4 is 17.9 Å². The Morgan fingerprint density at radius 3 is 2.10 bits per heavy atom. The molecule has 30 heavy (non-hydrogen) atoms. The highest BCUT2D eigenvalue weighted by Gasteiger charge is 2.47. The number of ether oxygens (including phenoxy) is 5. The van der Waals surface area contributed by atoms with Crippen LogP contribution in [0.15, 0.2) is 0 Å². The van der Waals surface area contributed by atoms with Crippen molar-refractivity contribution in [1.29, 1.82) is 0 Å². The lowest BCUT2D eigenvalue weighted by atomic mass is 10.0. The van der Waals surface area contributed by atoms with Gasteiger partial charge in [-0.25, -0.2) is 0 Å². The summed E-state index contributed by atoms with van der Waals surface area (Å²) in [6.45, 7) is 5.50. The van der Waals surface area contributed by atoms with Gasteiger partial charge in [0.2, 0.25) is 0 Å². The maximum absolute atomic E-state index is 11.6. The highest BCUT2D eigenvalue weighted by molar-refractivity contribution is 5.68. The van der Waals surface area contributed by atoms with E-state index in [1.165, 1.54) is 20.8 Å². The van der Waals surface area contributed by atoms with Crippen LogP contribution in [0.1, 0.15) is 33.6 Å². The normalized spacial score (nSPS) is 23.5. The second-order valence-corrected chi connectivity index (χ2v) is 7.60. The number of carbonyl (C=O) groups excluding carboxylic acids is 3. The third-order valence-electron chi connectivity index (χ3n) is 4.26. The second kappa shape index (κ2) is 13.6. The molecule has 1 rings (SSSR count). The number of nitrogens with zero attached hydrogens (tertiary/aromatic N) is 1. The first-order chi connectivity index (χ1) is 13.6. The second-order valence-electron chi connectivity index (χ2n) is 7.60. The predicted octanol–water partition coefficient (Wildman–Crippen LogP) is -2.35. The molecule has 10 heteroatoms. The first-order valence-corrected chi connectivity index (χ1v) is 9.56. The number of halogens is 1. The molecule has 1 aliphatic heterocycles. The van der Waals surface area contributed by atoms with Crippen LogP contribution in [0.2, 0.25) is 0 Å². The molecule has 0 aliphatic carbocycles. The van der Waals surface area contributed by atoms with Gasteiger partial charge in [0.05, 0.1) is 33.9 Å². The minimum absolute atomic E-state index is 0. The van der Waals surface area contributed by atoms with E-state index in [4.69, 9.17) is 30.1 Å². The number of carbonyl (C=O) groups is 3. The van der Waals surface area contributed by atoms with Crippen molar-refractivity contribution in [2.24, 2.45) is 0 Å². The molecule has 0 aromatic carbocycles. The summed E-state index contributed by atoms with van der Waals surface area (Å²) >= 11 is 0. The van der Waals surface area contributed by atoms with Gasteiger partial charge < -0.3 is 45.1 Å². The van der Waals surface area contributed by atoms with Crippen molar-refractivity contribution in [3.8, 4) is 12.3 Å². The number of esters is 3. The van der Waals surface area contributed by atoms with Gasteiger partial charge in [0.1, 0.15) is 6.54 Å². The summed E-state index contributed by atoms with van der Waals surface area (Å²) < 4.78 is 27.8. The third-order valence-corrected chi connectivity index (χ3v) is 4.26. The van der Waals surface area contributed by atoms with Crippen molar-refractivity contribution in [3.05, 3.63) is 0 Å². The Bertz CT molecular complexity index is 618. The summed E-state index contributed by atoms with van der Waals surface area (Å²) in [6.07, 6.45) is 3.07. The number of unbranched alkanes of at least 4 members (excludes halogenated alkanes) is 1. The first kappa shape index (κ1) is 28.3. The molecule has 1 saturated heterocycles. The van der Waals surface area contributed by atoms with Gasteiger partial charge in [0.25, 0.3) is 0 Å². The third kappa shape index (κ3) is 10.4. The van der Waals surface area contributed by atoms with E-state index in [1.807, 2.05) is 0 Å². The van der Waals surface area contributed by atoms with Gasteiger partial charge in [0, 0.05) is 20.8 Å². The van der Waals surface area contributed by atoms with E-state index >= 15 is 0 Å². The maximum atomic E-state index is 11.6. The van der Waals surface area contributed by atoms with Crippen molar-refractivity contribution in [1.82, 2.24) is 0 Å². The standard InChI is InChI=1S/C20H32NO8.BrH/c1-7-10-21(5,6)11-8-9-12-25-20-19(29-16(4)24)18(28-15(3)23)17(13-26-20)27-14(2)22;/h1,17-20H,8-13H2,2-6H3;1H/q+1;/p-1/t17-,18+,19-,20?;/m1./s1. The largest absolute Gasteiger partial charge is 1.00 e. The zero-order chi connectivity index (χ0) is 22.0. The van der Waals surface area contributed by atoms with E-state index in [0.717, 1.165) is 19.4 Å². The van der Waals surface area contributed by atoms with Crippen molar-refractivity contribution in [3.63, 3.8) is 0 Å². The van der Waals surface area contributed by atoms with Crippen LogP contribution in [0.5, 0.6) is 0 Å². The smallest absolute Gasteiger partial charge is 0.303 e. The molecule has 9 nitrogen and oxygen atoms in total. The Morgan fingerprint density at radius 1 is 1.00 bits per heavy atom. The SMILES string of the molecule is C#CC[N+](C)(C)CCCCOC1OC[C@@H](OC(C)=O)[C@H](OC(C)=O)[C@H]1OC(C)=O.[Br-]. The summed E-state index contributed by atoms with van der Waals surface area (Å²) in [4.78, 5) is 34.4. The van der Waals surface area contributed by atoms with Gasteiger partial charge in [-0.1, -0.05) is 0 Å². The number of hydrogen-bond donors (Lipinski definition) is 0. The minimum Gasteiger partial charge on any atom is -1.00 e. The van der Waals surface area contributed by atoms with Crippen LogP contribution in [0.4, 0.5) is 0 Å². The first-order valence-electron chi connectivity index (χ1n) is 9.56. The molecule has 0 radical (unpaired) electrons. The summed E-state index contributed by atoms with van der Waals surface area (Å²) in [5.74, 6) is 0.898. The fraction of sp³-hybridized carbons (Fsp3) is 0.750. The quantitative estimate of drug-likeness (QED) is 0.110. The molecular formula is C20H32BrNO8. The van der Waals surface area contributed by atoms with Crippen LogP contribution < -0.4 is 17.0 Å². The zero-order valence-corrected chi connectivity index (χ0v) is 19.8. The van der Waals surface area contributed by atoms with Gasteiger partial charge >= 0.3 is 17.9 Å². The lowest BCUT2D eigenvalue weighted by Gasteiger charge is -2.40. The minimum atomic E-state index is -1.05. The highest BCUT2D eigenvalue weighted by Crippen LogP contribution is 2.25. The Balaban J connectivity index is 0.00000841. The van der Waals surface area contributed by atoms with Crippen LogP contribution in [-0.2, 0) is 38.1 Å². The molecule has 0 N–H and O–H groups in total. The highest BCUT2D eigenvalue weighted by atomic mass is 79.9. The Morgan fingerprint density at radius 2 is 1.57 bits per heavy atom. The Labute approximate surface area is 188 Å². The molecule has 1 aliphatic rings. The molecule has 1 unspecified atom stereocenters. The summed E-state index contributed by atoms with van der Waals surface area (Å²) in [7, 11) is 4.11. The fourth-order valence-corrected chi connectivity index (χ4v) is 3.02. The lowest BCUT2D eigenvalue weighted by molar-refractivity contribution is -0.883. The molecule has 172 valence electrons. The molecular weight excluding hydrogens is 462 g/mol. The van der Waals surface area contributed by atoms with Crippen LogP contribution >= 0.6 is 0 Å². The van der Waals surface area contributed by atoms with Gasteiger partial charge in [0.15, 0.2) is 24.6 Å². The number of rotatable bonds is 10. The van der Waals surface area contributed by atoms with E-state index < -0.39 is 42.5 Å². The van der Waals surface area contributed by atoms with Crippen molar-refractivity contribution < 1.29 is 59.5 Å². The molecule has 1 heterocycles. The molecule has 0 aromatic rings. The topological polar surface area (TPSA) is 97.4 Å². The molecule has 0 bridgehead atoms.